The third-order valence-corrected chi connectivity index (χ3v) is 4.59. The van der Waals surface area contributed by atoms with Crippen molar-refractivity contribution in [2.75, 3.05) is 14.2 Å². The lowest BCUT2D eigenvalue weighted by Gasteiger charge is -2.04. The van der Waals surface area contributed by atoms with Crippen LogP contribution in [0.5, 0.6) is 0 Å². The summed E-state index contributed by atoms with van der Waals surface area (Å²) in [7, 11) is 2.57. The average molecular weight is 374 g/mol. The van der Waals surface area contributed by atoms with Gasteiger partial charge in [0.15, 0.2) is 10.6 Å². The minimum absolute atomic E-state index is 0.0855. The van der Waals surface area contributed by atoms with Crippen molar-refractivity contribution in [2.24, 2.45) is 4.99 Å². The molecule has 1 amide bonds. The van der Waals surface area contributed by atoms with Crippen LogP contribution < -0.4 is 4.80 Å². The lowest BCUT2D eigenvalue weighted by Crippen LogP contribution is -2.22. The second-order valence-corrected chi connectivity index (χ2v) is 6.12. The molecule has 0 atom stereocenters. The number of fused-ring (bicyclic) bond motifs is 1. The van der Waals surface area contributed by atoms with Gasteiger partial charge in [0, 0.05) is 0 Å². The number of methoxy groups -OCH3 is 2. The summed E-state index contributed by atoms with van der Waals surface area (Å²) in [4.78, 5) is 40.0. The molecule has 8 nitrogen and oxygen atoms in total. The summed E-state index contributed by atoms with van der Waals surface area (Å²) in [5.41, 5.74) is 0.995. The molecular formula is C17H14N2O6S. The molecule has 0 saturated heterocycles. The Labute approximate surface area is 151 Å². The predicted molar refractivity (Wildman–Crippen MR) is 91.8 cm³/mol. The molecule has 3 rings (SSSR count). The van der Waals surface area contributed by atoms with Crippen LogP contribution in [0.15, 0.2) is 46.0 Å². The quantitative estimate of drug-likeness (QED) is 0.648. The van der Waals surface area contributed by atoms with Crippen LogP contribution in [0, 0.1) is 0 Å². The first-order valence-electron chi connectivity index (χ1n) is 7.44. The number of ether oxygens (including phenoxy) is 2. The Morgan fingerprint density at radius 1 is 1.19 bits per heavy atom. The van der Waals surface area contributed by atoms with Crippen LogP contribution in [0.25, 0.3) is 10.2 Å². The molecule has 0 aliphatic heterocycles. The van der Waals surface area contributed by atoms with Crippen molar-refractivity contribution < 1.29 is 28.3 Å². The van der Waals surface area contributed by atoms with Gasteiger partial charge in [0.05, 0.1) is 36.3 Å². The van der Waals surface area contributed by atoms with E-state index in [0.29, 0.717) is 15.8 Å². The molecule has 0 saturated carbocycles. The van der Waals surface area contributed by atoms with Gasteiger partial charge in [-0.15, -0.1) is 0 Å². The third-order valence-electron chi connectivity index (χ3n) is 3.55. The fraction of sp³-hybridized carbons (Fsp3) is 0.176. The Balaban J connectivity index is 2.16. The van der Waals surface area contributed by atoms with Crippen molar-refractivity contribution in [3.05, 3.63) is 52.7 Å². The van der Waals surface area contributed by atoms with Crippen LogP contribution in [0.4, 0.5) is 0 Å². The second-order valence-electron chi connectivity index (χ2n) is 5.12. The number of rotatable bonds is 4. The SMILES string of the molecule is COC(=O)Cn1c(=NC(=O)c2ccco2)sc2cc(C(=O)OC)ccc21. The van der Waals surface area contributed by atoms with Crippen LogP contribution in [0.3, 0.4) is 0 Å². The molecule has 0 bridgehead atoms. The van der Waals surface area contributed by atoms with Gasteiger partial charge in [0.25, 0.3) is 0 Å². The Morgan fingerprint density at radius 3 is 2.65 bits per heavy atom. The van der Waals surface area contributed by atoms with Gasteiger partial charge >= 0.3 is 17.8 Å². The smallest absolute Gasteiger partial charge is 0.337 e. The average Bonchev–Trinajstić information content (AvgIpc) is 3.29. The zero-order valence-corrected chi connectivity index (χ0v) is 14.7. The first-order valence-corrected chi connectivity index (χ1v) is 8.26. The number of carbonyl (C=O) groups is 3. The molecule has 134 valence electrons. The summed E-state index contributed by atoms with van der Waals surface area (Å²) in [5.74, 6) is -1.46. The van der Waals surface area contributed by atoms with Crippen LogP contribution in [-0.2, 0) is 20.8 Å². The number of furan rings is 1. The molecule has 9 heteroatoms. The second kappa shape index (κ2) is 7.36. The summed E-state index contributed by atoms with van der Waals surface area (Å²) in [6, 6.07) is 7.94. The summed E-state index contributed by atoms with van der Waals surface area (Å²) in [6.07, 6.45) is 1.37. The van der Waals surface area contributed by atoms with Crippen LogP contribution >= 0.6 is 11.3 Å². The third kappa shape index (κ3) is 3.42. The molecule has 3 aromatic rings. The number of carbonyl (C=O) groups excluding carboxylic acids is 3. The van der Waals surface area contributed by atoms with Crippen molar-refractivity contribution >= 4 is 39.4 Å². The predicted octanol–water partition coefficient (Wildman–Crippen LogP) is 2.00. The van der Waals surface area contributed by atoms with E-state index in [9.17, 15) is 14.4 Å². The van der Waals surface area contributed by atoms with Gasteiger partial charge < -0.3 is 18.5 Å². The lowest BCUT2D eigenvalue weighted by atomic mass is 10.2. The molecule has 0 radical (unpaired) electrons. The molecule has 0 aliphatic carbocycles. The summed E-state index contributed by atoms with van der Waals surface area (Å²) >= 11 is 1.16. The Kier molecular flexibility index (Phi) is 4.99. The maximum Gasteiger partial charge on any atom is 0.337 e. The highest BCUT2D eigenvalue weighted by molar-refractivity contribution is 7.16. The van der Waals surface area contributed by atoms with E-state index in [1.165, 1.54) is 26.5 Å². The summed E-state index contributed by atoms with van der Waals surface area (Å²) < 4.78 is 16.7. The van der Waals surface area contributed by atoms with Gasteiger partial charge in [-0.25, -0.2) is 4.79 Å². The molecule has 0 spiro atoms. The molecule has 0 unspecified atom stereocenters. The number of hydrogen-bond acceptors (Lipinski definition) is 7. The van der Waals surface area contributed by atoms with Crippen LogP contribution in [0.2, 0.25) is 0 Å². The molecule has 26 heavy (non-hydrogen) atoms. The van der Waals surface area contributed by atoms with Gasteiger partial charge in [-0.05, 0) is 30.3 Å². The zero-order valence-electron chi connectivity index (χ0n) is 13.9. The van der Waals surface area contributed by atoms with Gasteiger partial charge in [0.2, 0.25) is 0 Å². The highest BCUT2D eigenvalue weighted by atomic mass is 32.1. The fourth-order valence-electron chi connectivity index (χ4n) is 2.29. The van der Waals surface area contributed by atoms with Crippen molar-refractivity contribution in [2.45, 2.75) is 6.54 Å². The van der Waals surface area contributed by atoms with E-state index in [1.807, 2.05) is 0 Å². The Morgan fingerprint density at radius 2 is 2.00 bits per heavy atom. The molecule has 2 aromatic heterocycles. The van der Waals surface area contributed by atoms with E-state index < -0.39 is 17.8 Å². The van der Waals surface area contributed by atoms with Crippen molar-refractivity contribution in [1.82, 2.24) is 4.57 Å². The normalized spacial score (nSPS) is 11.5. The van der Waals surface area contributed by atoms with Gasteiger partial charge in [-0.1, -0.05) is 11.3 Å². The van der Waals surface area contributed by atoms with E-state index in [1.54, 1.807) is 28.8 Å². The van der Waals surface area contributed by atoms with Gasteiger partial charge in [-0.3, -0.25) is 9.59 Å². The zero-order chi connectivity index (χ0) is 18.7. The number of thiazole rings is 1. The number of nitrogens with zero attached hydrogens (tertiary/aromatic N) is 2. The Hall–Kier alpha value is -3.20. The number of hydrogen-bond donors (Lipinski definition) is 0. The molecule has 1 aromatic carbocycles. The molecular weight excluding hydrogens is 360 g/mol. The minimum Gasteiger partial charge on any atom is -0.468 e. The number of amides is 1. The van der Waals surface area contributed by atoms with Crippen molar-refractivity contribution in [3.63, 3.8) is 0 Å². The minimum atomic E-state index is -0.576. The topological polar surface area (TPSA) is 100 Å². The van der Waals surface area contributed by atoms with Crippen molar-refractivity contribution in [3.8, 4) is 0 Å². The maximum absolute atomic E-state index is 12.2. The summed E-state index contributed by atoms with van der Waals surface area (Å²) in [5, 5.41) is 0. The van der Waals surface area contributed by atoms with Gasteiger partial charge in [-0.2, -0.15) is 4.99 Å². The standard InChI is InChI=1S/C17H14N2O6S/c1-23-14(20)9-19-11-6-5-10(16(22)24-2)8-13(11)26-17(19)18-15(21)12-4-3-7-25-12/h3-8H,9H2,1-2H3. The van der Waals surface area contributed by atoms with Gasteiger partial charge in [0.1, 0.15) is 6.54 Å². The largest absolute Gasteiger partial charge is 0.468 e. The molecule has 2 heterocycles. The highest BCUT2D eigenvalue weighted by Crippen LogP contribution is 2.20. The monoisotopic (exact) mass is 374 g/mol. The number of benzene rings is 1. The van der Waals surface area contributed by atoms with E-state index in [-0.39, 0.29) is 17.1 Å². The van der Waals surface area contributed by atoms with E-state index in [0.717, 1.165) is 11.3 Å². The van der Waals surface area contributed by atoms with E-state index in [4.69, 9.17) is 13.9 Å². The molecule has 0 fully saturated rings. The lowest BCUT2D eigenvalue weighted by molar-refractivity contribution is -0.141. The van der Waals surface area contributed by atoms with Crippen molar-refractivity contribution in [1.29, 1.82) is 0 Å². The van der Waals surface area contributed by atoms with E-state index >= 15 is 0 Å². The highest BCUT2D eigenvalue weighted by Gasteiger charge is 2.15. The first kappa shape index (κ1) is 17.6. The fourth-order valence-corrected chi connectivity index (χ4v) is 3.36. The molecule has 0 N–H and O–H groups in total. The molecule has 0 aliphatic rings. The van der Waals surface area contributed by atoms with Crippen LogP contribution in [0.1, 0.15) is 20.9 Å². The number of esters is 2. The Bertz CT molecular complexity index is 1050. The van der Waals surface area contributed by atoms with Crippen LogP contribution in [-0.4, -0.2) is 36.6 Å². The maximum atomic E-state index is 12.2. The van der Waals surface area contributed by atoms with E-state index in [2.05, 4.69) is 4.99 Å². The summed E-state index contributed by atoms with van der Waals surface area (Å²) in [6.45, 7) is -0.127. The first-order chi connectivity index (χ1) is 12.5. The number of aromatic nitrogens is 1.